The van der Waals surface area contributed by atoms with Gasteiger partial charge in [-0.1, -0.05) is 13.8 Å². The van der Waals surface area contributed by atoms with Gasteiger partial charge in [0, 0.05) is 13.6 Å². The predicted octanol–water partition coefficient (Wildman–Crippen LogP) is 1.41. The van der Waals surface area contributed by atoms with Crippen LogP contribution in [0.15, 0.2) is 12.1 Å². The molecule has 0 spiro atoms. The van der Waals surface area contributed by atoms with Gasteiger partial charge in [0.05, 0.1) is 12.3 Å². The van der Waals surface area contributed by atoms with Crippen molar-refractivity contribution in [3.8, 4) is 5.88 Å². The number of anilines is 2. The molecule has 1 fully saturated rings. The fraction of sp³-hybridized carbons (Fsp3) is 0.600. The Labute approximate surface area is 125 Å². The normalized spacial score (nSPS) is 18.1. The molecule has 21 heavy (non-hydrogen) atoms. The molecule has 0 bridgehead atoms. The Morgan fingerprint density at radius 1 is 1.57 bits per heavy atom. The van der Waals surface area contributed by atoms with Crippen LogP contribution < -0.4 is 20.7 Å². The van der Waals surface area contributed by atoms with Gasteiger partial charge in [0.1, 0.15) is 11.9 Å². The van der Waals surface area contributed by atoms with E-state index in [1.165, 1.54) is 0 Å². The summed E-state index contributed by atoms with van der Waals surface area (Å²) in [5.41, 5.74) is 6.43. The lowest BCUT2D eigenvalue weighted by Crippen LogP contribution is -2.42. The number of rotatable bonds is 5. The zero-order valence-electron chi connectivity index (χ0n) is 12.9. The number of ether oxygens (including phenoxy) is 1. The lowest BCUT2D eigenvalue weighted by Gasteiger charge is -2.25. The van der Waals surface area contributed by atoms with Crippen LogP contribution in [0.25, 0.3) is 0 Å². The monoisotopic (exact) mass is 292 g/mol. The van der Waals surface area contributed by atoms with Crippen molar-refractivity contribution in [2.75, 3.05) is 30.8 Å². The molecule has 2 rings (SSSR count). The first-order valence-electron chi connectivity index (χ1n) is 7.40. The van der Waals surface area contributed by atoms with Gasteiger partial charge in [-0.25, -0.2) is 0 Å². The van der Waals surface area contributed by atoms with Gasteiger partial charge in [-0.05, 0) is 30.9 Å². The Balaban J connectivity index is 2.19. The second kappa shape index (κ2) is 6.65. The van der Waals surface area contributed by atoms with Crippen molar-refractivity contribution in [1.82, 2.24) is 10.3 Å². The number of amides is 1. The first-order chi connectivity index (χ1) is 10.0. The third-order valence-electron chi connectivity index (χ3n) is 3.52. The van der Waals surface area contributed by atoms with Gasteiger partial charge in [-0.15, -0.1) is 0 Å². The Hall–Kier alpha value is -1.98. The molecule has 1 aromatic heterocycles. The van der Waals surface area contributed by atoms with Gasteiger partial charge in [0.2, 0.25) is 11.8 Å². The number of nitrogens with zero attached hydrogens (tertiary/aromatic N) is 2. The summed E-state index contributed by atoms with van der Waals surface area (Å²) in [6, 6.07) is 3.47. The standard InChI is InChI=1S/C15H24N4O2/c1-10(2)9-21-15-11(16)6-7-13(18-15)19-8-4-5-12(19)14(20)17-3/h6-7,10,12H,4-5,8-9,16H2,1-3H3,(H,17,20). The highest BCUT2D eigenvalue weighted by Gasteiger charge is 2.31. The minimum absolute atomic E-state index is 0.0239. The summed E-state index contributed by atoms with van der Waals surface area (Å²) >= 11 is 0. The van der Waals surface area contributed by atoms with Crippen LogP contribution >= 0.6 is 0 Å². The maximum atomic E-state index is 11.9. The fourth-order valence-corrected chi connectivity index (χ4v) is 2.44. The highest BCUT2D eigenvalue weighted by Crippen LogP contribution is 2.28. The first kappa shape index (κ1) is 15.4. The van der Waals surface area contributed by atoms with Crippen molar-refractivity contribution in [3.63, 3.8) is 0 Å². The summed E-state index contributed by atoms with van der Waals surface area (Å²) in [6.07, 6.45) is 1.82. The van der Waals surface area contributed by atoms with Gasteiger partial charge in [-0.3, -0.25) is 4.79 Å². The largest absolute Gasteiger partial charge is 0.476 e. The molecule has 0 aromatic carbocycles. The zero-order valence-corrected chi connectivity index (χ0v) is 12.9. The van der Waals surface area contributed by atoms with Crippen LogP contribution in [0, 0.1) is 5.92 Å². The van der Waals surface area contributed by atoms with E-state index in [2.05, 4.69) is 24.1 Å². The topological polar surface area (TPSA) is 80.5 Å². The summed E-state index contributed by atoms with van der Waals surface area (Å²) in [5.74, 6) is 1.62. The van der Waals surface area contributed by atoms with Crippen LogP contribution in [-0.4, -0.2) is 37.1 Å². The van der Waals surface area contributed by atoms with Crippen LogP contribution in [0.3, 0.4) is 0 Å². The van der Waals surface area contributed by atoms with Gasteiger partial charge in [-0.2, -0.15) is 4.98 Å². The molecular formula is C15H24N4O2. The number of pyridine rings is 1. The molecule has 3 N–H and O–H groups in total. The van der Waals surface area contributed by atoms with E-state index in [1.54, 1.807) is 13.1 Å². The van der Waals surface area contributed by atoms with E-state index in [0.29, 0.717) is 24.1 Å². The molecule has 0 radical (unpaired) electrons. The van der Waals surface area contributed by atoms with Gasteiger partial charge in [0.15, 0.2) is 0 Å². The van der Waals surface area contributed by atoms with E-state index >= 15 is 0 Å². The van der Waals surface area contributed by atoms with E-state index in [9.17, 15) is 4.79 Å². The number of aromatic nitrogens is 1. The van der Waals surface area contributed by atoms with Crippen LogP contribution in [0.4, 0.5) is 11.5 Å². The quantitative estimate of drug-likeness (QED) is 0.857. The zero-order chi connectivity index (χ0) is 15.4. The highest BCUT2D eigenvalue weighted by molar-refractivity contribution is 5.85. The number of hydrogen-bond donors (Lipinski definition) is 2. The van der Waals surface area contributed by atoms with E-state index in [-0.39, 0.29) is 11.9 Å². The van der Waals surface area contributed by atoms with Crippen molar-refractivity contribution in [3.05, 3.63) is 12.1 Å². The molecule has 1 unspecified atom stereocenters. The Morgan fingerprint density at radius 3 is 3.00 bits per heavy atom. The second-order valence-electron chi connectivity index (χ2n) is 5.73. The summed E-state index contributed by atoms with van der Waals surface area (Å²) in [5, 5.41) is 2.71. The van der Waals surface area contributed by atoms with E-state index in [0.717, 1.165) is 25.2 Å². The number of nitrogen functional groups attached to an aromatic ring is 1. The number of carbonyl (C=O) groups excluding carboxylic acids is 1. The molecule has 1 aliphatic heterocycles. The average molecular weight is 292 g/mol. The maximum absolute atomic E-state index is 11.9. The van der Waals surface area contributed by atoms with Gasteiger partial charge >= 0.3 is 0 Å². The molecule has 1 saturated heterocycles. The SMILES string of the molecule is CNC(=O)C1CCCN1c1ccc(N)c(OCC(C)C)n1. The number of hydrogen-bond acceptors (Lipinski definition) is 5. The predicted molar refractivity (Wildman–Crippen MR) is 83.4 cm³/mol. The molecule has 1 aliphatic rings. The second-order valence-corrected chi connectivity index (χ2v) is 5.73. The van der Waals surface area contributed by atoms with Crippen LogP contribution in [-0.2, 0) is 4.79 Å². The smallest absolute Gasteiger partial charge is 0.242 e. The number of nitrogens with one attached hydrogen (secondary N) is 1. The molecule has 0 saturated carbocycles. The molecule has 1 atom stereocenters. The fourth-order valence-electron chi connectivity index (χ4n) is 2.44. The van der Waals surface area contributed by atoms with Gasteiger partial charge < -0.3 is 20.7 Å². The maximum Gasteiger partial charge on any atom is 0.242 e. The van der Waals surface area contributed by atoms with Crippen molar-refractivity contribution >= 4 is 17.4 Å². The molecule has 6 nitrogen and oxygen atoms in total. The summed E-state index contributed by atoms with van der Waals surface area (Å²) in [7, 11) is 1.66. The average Bonchev–Trinajstić information content (AvgIpc) is 2.95. The third-order valence-corrected chi connectivity index (χ3v) is 3.52. The summed E-state index contributed by atoms with van der Waals surface area (Å²) in [4.78, 5) is 18.4. The lowest BCUT2D eigenvalue weighted by atomic mass is 10.2. The minimum atomic E-state index is -0.163. The van der Waals surface area contributed by atoms with Crippen molar-refractivity contribution in [1.29, 1.82) is 0 Å². The summed E-state index contributed by atoms with van der Waals surface area (Å²) < 4.78 is 5.66. The van der Waals surface area contributed by atoms with E-state index in [4.69, 9.17) is 10.5 Å². The molecule has 116 valence electrons. The Kier molecular flexibility index (Phi) is 4.88. The molecule has 1 amide bonds. The number of nitrogens with two attached hydrogens (primary N) is 1. The van der Waals surface area contributed by atoms with E-state index < -0.39 is 0 Å². The molecule has 1 aromatic rings. The highest BCUT2D eigenvalue weighted by atomic mass is 16.5. The Morgan fingerprint density at radius 2 is 2.33 bits per heavy atom. The first-order valence-corrected chi connectivity index (χ1v) is 7.40. The van der Waals surface area contributed by atoms with Crippen molar-refractivity contribution < 1.29 is 9.53 Å². The lowest BCUT2D eigenvalue weighted by molar-refractivity contribution is -0.121. The third kappa shape index (κ3) is 3.56. The van der Waals surface area contributed by atoms with Gasteiger partial charge in [0.25, 0.3) is 0 Å². The summed E-state index contributed by atoms with van der Waals surface area (Å²) in [6.45, 7) is 5.53. The number of carbonyl (C=O) groups is 1. The van der Waals surface area contributed by atoms with Crippen molar-refractivity contribution in [2.24, 2.45) is 5.92 Å². The van der Waals surface area contributed by atoms with Crippen LogP contribution in [0.5, 0.6) is 5.88 Å². The number of likely N-dealkylation sites (N-methyl/N-ethyl adjacent to an activating group) is 1. The van der Waals surface area contributed by atoms with E-state index in [1.807, 2.05) is 11.0 Å². The van der Waals surface area contributed by atoms with Crippen LogP contribution in [0.1, 0.15) is 26.7 Å². The Bertz CT molecular complexity index is 504. The molecule has 2 heterocycles. The van der Waals surface area contributed by atoms with Crippen molar-refractivity contribution in [2.45, 2.75) is 32.7 Å². The van der Waals surface area contributed by atoms with Crippen LogP contribution in [0.2, 0.25) is 0 Å². The molecular weight excluding hydrogens is 268 g/mol. The molecule has 6 heteroatoms. The minimum Gasteiger partial charge on any atom is -0.476 e. The molecule has 0 aliphatic carbocycles.